The fourth-order valence-electron chi connectivity index (χ4n) is 5.01. The van der Waals surface area contributed by atoms with Gasteiger partial charge in [-0.1, -0.05) is 24.3 Å². The van der Waals surface area contributed by atoms with Gasteiger partial charge in [-0.05, 0) is 55.8 Å². The van der Waals surface area contributed by atoms with Crippen molar-refractivity contribution in [1.82, 2.24) is 4.57 Å². The molecule has 0 spiro atoms. The fourth-order valence-corrected chi connectivity index (χ4v) is 5.01. The molecule has 1 fully saturated rings. The van der Waals surface area contributed by atoms with Crippen LogP contribution < -0.4 is 14.4 Å². The molecule has 0 radical (unpaired) electrons. The number of rotatable bonds is 6. The highest BCUT2D eigenvalue weighted by Gasteiger charge is 2.48. The summed E-state index contributed by atoms with van der Waals surface area (Å²) < 4.78 is 13.0. The summed E-state index contributed by atoms with van der Waals surface area (Å²) in [4.78, 5) is 28.6. The number of amides is 1. The molecule has 0 saturated carbocycles. The molecule has 7 nitrogen and oxygen atoms in total. The molecule has 7 heteroatoms. The third-order valence-corrected chi connectivity index (χ3v) is 6.75. The Morgan fingerprint density at radius 2 is 1.81 bits per heavy atom. The Morgan fingerprint density at radius 1 is 1.03 bits per heavy atom. The van der Waals surface area contributed by atoms with Crippen molar-refractivity contribution in [2.45, 2.75) is 19.9 Å². The number of benzene rings is 3. The molecule has 0 bridgehead atoms. The number of hydrogen-bond acceptors (Lipinski definition) is 5. The summed E-state index contributed by atoms with van der Waals surface area (Å²) in [7, 11) is 3.46. The molecule has 1 aliphatic heterocycles. The van der Waals surface area contributed by atoms with E-state index in [1.165, 1.54) is 4.90 Å². The minimum absolute atomic E-state index is 0.0349. The van der Waals surface area contributed by atoms with Gasteiger partial charge in [0.25, 0.3) is 11.7 Å². The van der Waals surface area contributed by atoms with Crippen molar-refractivity contribution in [2.24, 2.45) is 7.05 Å². The number of carbonyl (C=O) groups is 2. The zero-order valence-electron chi connectivity index (χ0n) is 21.2. The van der Waals surface area contributed by atoms with Crippen molar-refractivity contribution in [3.63, 3.8) is 0 Å². The summed E-state index contributed by atoms with van der Waals surface area (Å²) in [6, 6.07) is 19.2. The summed E-state index contributed by atoms with van der Waals surface area (Å²) in [6.07, 6.45) is 1.91. The topological polar surface area (TPSA) is 81.0 Å². The first-order chi connectivity index (χ1) is 17.8. The van der Waals surface area contributed by atoms with Crippen LogP contribution in [-0.4, -0.2) is 35.1 Å². The number of anilines is 1. The predicted molar refractivity (Wildman–Crippen MR) is 143 cm³/mol. The minimum Gasteiger partial charge on any atom is -0.507 e. The molecule has 3 aromatic carbocycles. The van der Waals surface area contributed by atoms with Crippen LogP contribution in [0.5, 0.6) is 11.5 Å². The highest BCUT2D eigenvalue weighted by atomic mass is 16.5. The number of para-hydroxylation sites is 1. The third-order valence-electron chi connectivity index (χ3n) is 6.75. The smallest absolute Gasteiger partial charge is 0.300 e. The van der Waals surface area contributed by atoms with E-state index in [1.54, 1.807) is 49.6 Å². The van der Waals surface area contributed by atoms with E-state index >= 15 is 0 Å². The van der Waals surface area contributed by atoms with Crippen LogP contribution in [-0.2, 0) is 16.6 Å². The van der Waals surface area contributed by atoms with E-state index in [0.29, 0.717) is 29.4 Å². The number of nitrogens with zero attached hydrogens (tertiary/aromatic N) is 2. The summed E-state index contributed by atoms with van der Waals surface area (Å²) in [6.45, 7) is 4.29. The Labute approximate surface area is 215 Å². The Balaban J connectivity index is 1.77. The lowest BCUT2D eigenvalue weighted by Gasteiger charge is -2.25. The number of methoxy groups -OCH3 is 1. The van der Waals surface area contributed by atoms with E-state index in [-0.39, 0.29) is 11.3 Å². The third kappa shape index (κ3) is 4.02. The van der Waals surface area contributed by atoms with Gasteiger partial charge in [0.1, 0.15) is 17.3 Å². The maximum absolute atomic E-state index is 13.6. The average molecular weight is 497 g/mol. The van der Waals surface area contributed by atoms with Crippen LogP contribution in [0.4, 0.5) is 5.69 Å². The quantitative estimate of drug-likeness (QED) is 0.216. The molecule has 1 atom stereocenters. The highest BCUT2D eigenvalue weighted by molar-refractivity contribution is 6.52. The summed E-state index contributed by atoms with van der Waals surface area (Å²) in [5.74, 6) is -0.437. The summed E-state index contributed by atoms with van der Waals surface area (Å²) >= 11 is 0. The van der Waals surface area contributed by atoms with Crippen molar-refractivity contribution in [2.75, 3.05) is 18.6 Å². The zero-order chi connectivity index (χ0) is 26.3. The van der Waals surface area contributed by atoms with Crippen molar-refractivity contribution < 1.29 is 24.2 Å². The van der Waals surface area contributed by atoms with Crippen LogP contribution >= 0.6 is 0 Å². The van der Waals surface area contributed by atoms with Gasteiger partial charge in [-0.2, -0.15) is 0 Å². The first-order valence-electron chi connectivity index (χ1n) is 12.1. The van der Waals surface area contributed by atoms with Crippen LogP contribution in [0.1, 0.15) is 29.7 Å². The molecule has 1 N–H and O–H groups in total. The molecule has 5 rings (SSSR count). The molecule has 1 unspecified atom stereocenters. The standard InChI is InChI=1S/C30H28N2O5/c1-5-37-25-14-13-19(15-18(25)2)28(33)26-27(23-17-31(3)24-12-7-6-11-22(23)24)32(30(35)29(26)34)20-9-8-10-21(16-20)36-4/h6-17,27,33H,5H2,1-4H3/b28-26+. The number of ether oxygens (including phenoxy) is 2. The van der Waals surface area contributed by atoms with Crippen LogP contribution in [0.2, 0.25) is 0 Å². The summed E-state index contributed by atoms with van der Waals surface area (Å²) in [5, 5.41) is 12.4. The van der Waals surface area contributed by atoms with E-state index < -0.39 is 17.7 Å². The number of aliphatic hydroxyl groups is 1. The van der Waals surface area contributed by atoms with E-state index in [2.05, 4.69) is 0 Å². The van der Waals surface area contributed by atoms with Gasteiger partial charge in [0.2, 0.25) is 0 Å². The second kappa shape index (κ2) is 9.50. The lowest BCUT2D eigenvalue weighted by molar-refractivity contribution is -0.132. The van der Waals surface area contributed by atoms with Gasteiger partial charge in [-0.25, -0.2) is 0 Å². The van der Waals surface area contributed by atoms with Crippen LogP contribution in [0.25, 0.3) is 16.7 Å². The van der Waals surface area contributed by atoms with E-state index in [4.69, 9.17) is 9.47 Å². The second-order valence-corrected chi connectivity index (χ2v) is 9.00. The number of Topliss-reactive ketones (excluding diaryl/α,β-unsaturated/α-hetero) is 1. The predicted octanol–water partition coefficient (Wildman–Crippen LogP) is 5.52. The van der Waals surface area contributed by atoms with Gasteiger partial charge in [-0.15, -0.1) is 0 Å². The Morgan fingerprint density at radius 3 is 2.54 bits per heavy atom. The molecule has 37 heavy (non-hydrogen) atoms. The lowest BCUT2D eigenvalue weighted by atomic mass is 9.94. The minimum atomic E-state index is -0.843. The Kier molecular flexibility index (Phi) is 6.21. The number of aliphatic hydroxyl groups excluding tert-OH is 1. The molecule has 1 aliphatic rings. The monoisotopic (exact) mass is 496 g/mol. The van der Waals surface area contributed by atoms with E-state index in [9.17, 15) is 14.7 Å². The average Bonchev–Trinajstić information content (AvgIpc) is 3.38. The van der Waals surface area contributed by atoms with Crippen LogP contribution in [0.3, 0.4) is 0 Å². The largest absolute Gasteiger partial charge is 0.507 e. The maximum atomic E-state index is 13.6. The number of aromatic nitrogens is 1. The van der Waals surface area contributed by atoms with Gasteiger partial charge in [-0.3, -0.25) is 14.5 Å². The molecule has 0 aliphatic carbocycles. The molecule has 188 valence electrons. The number of fused-ring (bicyclic) bond motifs is 1. The van der Waals surface area contributed by atoms with Crippen molar-refractivity contribution in [3.05, 3.63) is 95.2 Å². The lowest BCUT2D eigenvalue weighted by Crippen LogP contribution is -2.29. The van der Waals surface area contributed by atoms with Crippen molar-refractivity contribution in [1.29, 1.82) is 0 Å². The molecule has 1 amide bonds. The van der Waals surface area contributed by atoms with Gasteiger partial charge in [0, 0.05) is 47.0 Å². The van der Waals surface area contributed by atoms with Crippen molar-refractivity contribution >= 4 is 34.0 Å². The first kappa shape index (κ1) is 24.2. The molecule has 4 aromatic rings. The van der Waals surface area contributed by atoms with Gasteiger partial charge in [0.15, 0.2) is 0 Å². The summed E-state index contributed by atoms with van der Waals surface area (Å²) in [5.41, 5.74) is 3.48. The molecule has 1 saturated heterocycles. The van der Waals surface area contributed by atoms with E-state index in [0.717, 1.165) is 22.0 Å². The fraction of sp³-hybridized carbons (Fsp3) is 0.200. The molecule has 1 aromatic heterocycles. The molecule has 2 heterocycles. The maximum Gasteiger partial charge on any atom is 0.300 e. The number of carbonyl (C=O) groups excluding carboxylic acids is 2. The molecular formula is C30H28N2O5. The normalized spacial score (nSPS) is 17.0. The van der Waals surface area contributed by atoms with Crippen molar-refractivity contribution in [3.8, 4) is 11.5 Å². The Bertz CT molecular complexity index is 1570. The van der Waals surface area contributed by atoms with Crippen LogP contribution in [0.15, 0.2) is 78.5 Å². The zero-order valence-corrected chi connectivity index (χ0v) is 21.2. The van der Waals surface area contributed by atoms with E-state index in [1.807, 2.05) is 55.9 Å². The number of aryl methyl sites for hydroxylation is 2. The first-order valence-corrected chi connectivity index (χ1v) is 12.1. The number of ketones is 1. The van der Waals surface area contributed by atoms with Gasteiger partial charge in [0.05, 0.1) is 25.3 Å². The molecular weight excluding hydrogens is 468 g/mol. The second-order valence-electron chi connectivity index (χ2n) is 9.00. The van der Waals surface area contributed by atoms with Gasteiger partial charge >= 0.3 is 0 Å². The Hall–Kier alpha value is -4.52. The van der Waals surface area contributed by atoms with Crippen LogP contribution in [0, 0.1) is 6.92 Å². The number of hydrogen-bond donors (Lipinski definition) is 1. The highest BCUT2D eigenvalue weighted by Crippen LogP contribution is 2.45. The van der Waals surface area contributed by atoms with Gasteiger partial charge < -0.3 is 19.1 Å². The SMILES string of the molecule is CCOc1ccc(/C(O)=C2\C(=O)C(=O)N(c3cccc(OC)c3)C2c2cn(C)c3ccccc23)cc1C.